The molecule has 7 heteroatoms. The maximum atomic E-state index is 12.5. The van der Waals surface area contributed by atoms with E-state index < -0.39 is 0 Å². The van der Waals surface area contributed by atoms with E-state index in [1.807, 2.05) is 23.4 Å². The third kappa shape index (κ3) is 3.40. The van der Waals surface area contributed by atoms with Gasteiger partial charge < -0.3 is 4.90 Å². The first kappa shape index (κ1) is 14.8. The van der Waals surface area contributed by atoms with E-state index in [9.17, 15) is 4.79 Å². The lowest BCUT2D eigenvalue weighted by Gasteiger charge is -2.34. The predicted octanol–water partition coefficient (Wildman–Crippen LogP) is 0.796. The lowest BCUT2D eigenvalue weighted by Crippen LogP contribution is -2.49. The van der Waals surface area contributed by atoms with Crippen molar-refractivity contribution in [2.75, 3.05) is 24.7 Å². The summed E-state index contributed by atoms with van der Waals surface area (Å²) in [4.78, 5) is 18.9. The minimum atomic E-state index is 0.0177. The van der Waals surface area contributed by atoms with Gasteiger partial charge in [-0.3, -0.25) is 10.1 Å². The Hall–Kier alpha value is -1.08. The fourth-order valence-corrected chi connectivity index (χ4v) is 4.10. The summed E-state index contributed by atoms with van der Waals surface area (Å²) in [5, 5.41) is 7.71. The molecule has 1 N–H and O–H groups in total. The Morgan fingerprint density at radius 2 is 2.33 bits per heavy atom. The molecule has 2 saturated heterocycles. The molecule has 1 aromatic rings. The third-order valence-corrected chi connectivity index (χ3v) is 5.18. The van der Waals surface area contributed by atoms with E-state index in [1.165, 1.54) is 0 Å². The van der Waals surface area contributed by atoms with Gasteiger partial charge in [-0.1, -0.05) is 0 Å². The number of likely N-dealkylation sites (tertiary alicyclic amines) is 1. The van der Waals surface area contributed by atoms with Crippen molar-refractivity contribution in [2.24, 2.45) is 5.92 Å². The van der Waals surface area contributed by atoms with Gasteiger partial charge in [0.25, 0.3) is 0 Å². The van der Waals surface area contributed by atoms with Crippen LogP contribution in [0.5, 0.6) is 0 Å². The Bertz CT molecular complexity index is 511. The molecule has 21 heavy (non-hydrogen) atoms. The predicted molar refractivity (Wildman–Crippen MR) is 83.0 cm³/mol. The Morgan fingerprint density at radius 1 is 1.48 bits per heavy atom. The number of nitrogens with zero attached hydrogens (tertiary/aromatic N) is 4. The van der Waals surface area contributed by atoms with Crippen LogP contribution in [-0.4, -0.2) is 56.3 Å². The molecule has 6 nitrogen and oxygen atoms in total. The van der Waals surface area contributed by atoms with E-state index in [0.29, 0.717) is 5.92 Å². The molecule has 0 bridgehead atoms. The van der Waals surface area contributed by atoms with Gasteiger partial charge in [0.15, 0.2) is 0 Å². The normalized spacial score (nSPS) is 26.3. The summed E-state index contributed by atoms with van der Waals surface area (Å²) in [6.07, 6.45) is 2.25. The van der Waals surface area contributed by atoms with Gasteiger partial charge >= 0.3 is 0 Å². The largest absolute Gasteiger partial charge is 0.341 e. The molecular weight excluding hydrogens is 286 g/mol. The fourth-order valence-electron chi connectivity index (χ4n) is 3.17. The van der Waals surface area contributed by atoms with E-state index in [0.717, 1.165) is 55.8 Å². The minimum Gasteiger partial charge on any atom is -0.341 e. The molecule has 2 aliphatic heterocycles. The van der Waals surface area contributed by atoms with Gasteiger partial charge in [-0.25, -0.2) is 9.67 Å². The number of carbonyl (C=O) groups is 1. The Labute approximate surface area is 129 Å². The van der Waals surface area contributed by atoms with Gasteiger partial charge in [-0.05, 0) is 32.6 Å². The van der Waals surface area contributed by atoms with E-state index in [1.54, 1.807) is 11.8 Å². The molecule has 3 rings (SSSR count). The number of carbonyl (C=O) groups excluding carboxylic acids is 1. The van der Waals surface area contributed by atoms with Crippen LogP contribution >= 0.6 is 11.8 Å². The van der Waals surface area contributed by atoms with Crippen molar-refractivity contribution in [1.82, 2.24) is 25.0 Å². The van der Waals surface area contributed by atoms with Gasteiger partial charge in [0.1, 0.15) is 11.6 Å². The highest BCUT2D eigenvalue weighted by Crippen LogP contribution is 2.21. The number of hydrogen-bond acceptors (Lipinski definition) is 5. The van der Waals surface area contributed by atoms with Crippen LogP contribution in [0.1, 0.15) is 24.5 Å². The number of hydrogen-bond donors (Lipinski definition) is 1. The van der Waals surface area contributed by atoms with Crippen LogP contribution in [0.2, 0.25) is 0 Å². The summed E-state index contributed by atoms with van der Waals surface area (Å²) in [5.74, 6) is 4.34. The molecule has 1 aromatic heterocycles. The van der Waals surface area contributed by atoms with Crippen molar-refractivity contribution in [3.63, 3.8) is 0 Å². The monoisotopic (exact) mass is 309 g/mol. The highest BCUT2D eigenvalue weighted by atomic mass is 32.2. The second kappa shape index (κ2) is 6.36. The molecule has 0 spiro atoms. The summed E-state index contributed by atoms with van der Waals surface area (Å²) >= 11 is 1.80. The Kier molecular flexibility index (Phi) is 4.49. The average molecular weight is 309 g/mol. The van der Waals surface area contributed by atoms with Gasteiger partial charge in [0.05, 0.1) is 6.04 Å². The van der Waals surface area contributed by atoms with Gasteiger partial charge in [0, 0.05) is 31.3 Å². The van der Waals surface area contributed by atoms with Crippen LogP contribution in [0.25, 0.3) is 0 Å². The number of piperidine rings is 1. The summed E-state index contributed by atoms with van der Waals surface area (Å²) in [6.45, 7) is 6.52. The quantitative estimate of drug-likeness (QED) is 0.895. The van der Waals surface area contributed by atoms with Crippen molar-refractivity contribution < 1.29 is 4.79 Å². The third-order valence-electron chi connectivity index (χ3n) is 4.24. The SMILES string of the molecule is Cc1nc(C)n(CC2CCCN(C(=O)C3CSCN3)C2)n1. The zero-order chi connectivity index (χ0) is 14.8. The average Bonchev–Trinajstić information content (AvgIpc) is 3.09. The van der Waals surface area contributed by atoms with Crippen molar-refractivity contribution in [3.05, 3.63) is 11.6 Å². The zero-order valence-electron chi connectivity index (χ0n) is 12.7. The first-order valence-electron chi connectivity index (χ1n) is 7.61. The summed E-state index contributed by atoms with van der Waals surface area (Å²) in [5.41, 5.74) is 0. The molecule has 2 aliphatic rings. The topological polar surface area (TPSA) is 63.1 Å². The number of rotatable bonds is 3. The van der Waals surface area contributed by atoms with E-state index in [-0.39, 0.29) is 11.9 Å². The first-order chi connectivity index (χ1) is 10.1. The molecule has 2 atom stereocenters. The van der Waals surface area contributed by atoms with Crippen LogP contribution in [-0.2, 0) is 11.3 Å². The highest BCUT2D eigenvalue weighted by Gasteiger charge is 2.31. The number of nitrogens with one attached hydrogen (secondary N) is 1. The molecule has 2 unspecified atom stereocenters. The van der Waals surface area contributed by atoms with Crippen LogP contribution in [0, 0.1) is 19.8 Å². The number of aryl methyl sites for hydroxylation is 2. The number of aromatic nitrogens is 3. The molecule has 116 valence electrons. The number of amides is 1. The molecule has 2 fully saturated rings. The zero-order valence-corrected chi connectivity index (χ0v) is 13.5. The van der Waals surface area contributed by atoms with Crippen LogP contribution < -0.4 is 5.32 Å². The lowest BCUT2D eigenvalue weighted by molar-refractivity contribution is -0.134. The van der Waals surface area contributed by atoms with E-state index in [4.69, 9.17) is 0 Å². The Morgan fingerprint density at radius 3 is 3.00 bits per heavy atom. The molecule has 1 amide bonds. The maximum absolute atomic E-state index is 12.5. The molecule has 0 radical (unpaired) electrons. The fraction of sp³-hybridized carbons (Fsp3) is 0.786. The minimum absolute atomic E-state index is 0.0177. The van der Waals surface area contributed by atoms with E-state index in [2.05, 4.69) is 15.4 Å². The van der Waals surface area contributed by atoms with Gasteiger partial charge in [-0.2, -0.15) is 5.10 Å². The molecule has 3 heterocycles. The highest BCUT2D eigenvalue weighted by molar-refractivity contribution is 7.99. The summed E-state index contributed by atoms with van der Waals surface area (Å²) in [7, 11) is 0. The second-order valence-electron chi connectivity index (χ2n) is 5.95. The molecule has 0 saturated carbocycles. The molecular formula is C14H23N5OS. The lowest BCUT2D eigenvalue weighted by atomic mass is 9.97. The smallest absolute Gasteiger partial charge is 0.240 e. The molecule has 0 aromatic carbocycles. The van der Waals surface area contributed by atoms with Gasteiger partial charge in [0.2, 0.25) is 5.91 Å². The standard InChI is InChI=1S/C14H23N5OS/c1-10-16-11(2)19(17-10)7-12-4-3-5-18(6-12)14(20)13-8-21-9-15-13/h12-13,15H,3-9H2,1-2H3. The first-order valence-corrected chi connectivity index (χ1v) is 8.77. The Balaban J connectivity index is 1.60. The second-order valence-corrected chi connectivity index (χ2v) is 6.98. The van der Waals surface area contributed by atoms with E-state index >= 15 is 0 Å². The van der Waals surface area contributed by atoms with Crippen molar-refractivity contribution >= 4 is 17.7 Å². The van der Waals surface area contributed by atoms with Crippen molar-refractivity contribution in [1.29, 1.82) is 0 Å². The van der Waals surface area contributed by atoms with Crippen molar-refractivity contribution in [2.45, 2.75) is 39.3 Å². The summed E-state index contributed by atoms with van der Waals surface area (Å²) < 4.78 is 1.98. The van der Waals surface area contributed by atoms with Gasteiger partial charge in [-0.15, -0.1) is 11.8 Å². The molecule has 0 aliphatic carbocycles. The van der Waals surface area contributed by atoms with Crippen molar-refractivity contribution in [3.8, 4) is 0 Å². The number of thioether (sulfide) groups is 1. The van der Waals surface area contributed by atoms with Crippen LogP contribution in [0.15, 0.2) is 0 Å². The maximum Gasteiger partial charge on any atom is 0.240 e. The van der Waals surface area contributed by atoms with Crippen LogP contribution in [0.3, 0.4) is 0 Å². The van der Waals surface area contributed by atoms with Crippen LogP contribution in [0.4, 0.5) is 0 Å². The summed E-state index contributed by atoms with van der Waals surface area (Å²) in [6, 6.07) is 0.0177.